The summed E-state index contributed by atoms with van der Waals surface area (Å²) in [5.74, 6) is 1.77. The monoisotopic (exact) mass is 324 g/mol. The van der Waals surface area contributed by atoms with Crippen molar-refractivity contribution in [3.63, 3.8) is 0 Å². The molecule has 0 bridgehead atoms. The van der Waals surface area contributed by atoms with Crippen LogP contribution in [0.4, 0.5) is 0 Å². The van der Waals surface area contributed by atoms with Crippen molar-refractivity contribution in [2.45, 2.75) is 19.3 Å². The molecule has 1 heterocycles. The van der Waals surface area contributed by atoms with Gasteiger partial charge < -0.3 is 10.1 Å². The molecule has 21 heavy (non-hydrogen) atoms. The summed E-state index contributed by atoms with van der Waals surface area (Å²) in [6.07, 6.45) is 5.15. The van der Waals surface area contributed by atoms with E-state index in [1.807, 2.05) is 24.3 Å². The Bertz CT molecular complexity index is 565. The van der Waals surface area contributed by atoms with Gasteiger partial charge in [-0.2, -0.15) is 12.6 Å². The number of ether oxygens (including phenoxy) is 1. The lowest BCUT2D eigenvalue weighted by molar-refractivity contribution is 0.308. The van der Waals surface area contributed by atoms with Crippen molar-refractivity contribution in [1.82, 2.24) is 10.3 Å². The molecule has 2 rings (SSSR count). The summed E-state index contributed by atoms with van der Waals surface area (Å²) in [6, 6.07) is 7.59. The number of aromatic nitrogens is 1. The van der Waals surface area contributed by atoms with Crippen LogP contribution in [0.15, 0.2) is 30.5 Å². The highest BCUT2D eigenvalue weighted by molar-refractivity contribution is 7.80. The summed E-state index contributed by atoms with van der Waals surface area (Å²) >= 11 is 10.1. The van der Waals surface area contributed by atoms with Crippen LogP contribution in [0, 0.1) is 0 Å². The fourth-order valence-corrected chi connectivity index (χ4v) is 2.46. The van der Waals surface area contributed by atoms with Crippen molar-refractivity contribution in [3.05, 3.63) is 35.5 Å². The Morgan fingerprint density at radius 3 is 2.90 bits per heavy atom. The fourth-order valence-electron chi connectivity index (χ4n) is 2.14. The maximum absolute atomic E-state index is 5.98. The van der Waals surface area contributed by atoms with E-state index in [0.29, 0.717) is 5.02 Å². The number of benzene rings is 1. The van der Waals surface area contributed by atoms with Gasteiger partial charge in [0, 0.05) is 28.9 Å². The van der Waals surface area contributed by atoms with Crippen molar-refractivity contribution in [1.29, 1.82) is 0 Å². The van der Waals surface area contributed by atoms with Crippen LogP contribution < -0.4 is 10.1 Å². The average molecular weight is 325 g/mol. The van der Waals surface area contributed by atoms with E-state index in [9.17, 15) is 0 Å². The highest BCUT2D eigenvalue weighted by Crippen LogP contribution is 2.26. The van der Waals surface area contributed by atoms with Crippen LogP contribution in [0.3, 0.4) is 0 Å². The third-order valence-electron chi connectivity index (χ3n) is 3.21. The van der Waals surface area contributed by atoms with Crippen LogP contribution in [-0.4, -0.2) is 30.4 Å². The highest BCUT2D eigenvalue weighted by atomic mass is 35.5. The fraction of sp³-hybridized carbons (Fsp3) is 0.438. The second kappa shape index (κ2) is 9.13. The van der Waals surface area contributed by atoms with Gasteiger partial charge in [-0.1, -0.05) is 11.6 Å². The van der Waals surface area contributed by atoms with Crippen molar-refractivity contribution in [2.24, 2.45) is 0 Å². The minimum atomic E-state index is 0.695. The molecule has 0 saturated carbocycles. The van der Waals surface area contributed by atoms with E-state index in [1.54, 1.807) is 6.20 Å². The van der Waals surface area contributed by atoms with Crippen LogP contribution in [0.1, 0.15) is 19.3 Å². The average Bonchev–Trinajstić information content (AvgIpc) is 2.49. The van der Waals surface area contributed by atoms with E-state index < -0.39 is 0 Å². The van der Waals surface area contributed by atoms with Gasteiger partial charge >= 0.3 is 0 Å². The summed E-state index contributed by atoms with van der Waals surface area (Å²) < 4.78 is 5.87. The maximum Gasteiger partial charge on any atom is 0.130 e. The molecule has 0 fully saturated rings. The van der Waals surface area contributed by atoms with Crippen LogP contribution in [0.5, 0.6) is 5.75 Å². The van der Waals surface area contributed by atoms with E-state index >= 15 is 0 Å². The number of halogens is 1. The van der Waals surface area contributed by atoms with Crippen LogP contribution in [0.25, 0.3) is 10.9 Å². The number of unbranched alkanes of at least 4 members (excludes halogenated alkanes) is 2. The van der Waals surface area contributed by atoms with E-state index in [4.69, 9.17) is 16.3 Å². The van der Waals surface area contributed by atoms with Gasteiger partial charge in [-0.3, -0.25) is 4.98 Å². The third-order valence-corrected chi connectivity index (χ3v) is 3.67. The molecule has 5 heteroatoms. The molecule has 0 spiro atoms. The Balaban J connectivity index is 1.76. The Kier molecular flexibility index (Phi) is 7.13. The lowest BCUT2D eigenvalue weighted by atomic mass is 10.2. The molecule has 0 atom stereocenters. The van der Waals surface area contributed by atoms with Crippen molar-refractivity contribution in [2.75, 3.05) is 25.4 Å². The zero-order valence-electron chi connectivity index (χ0n) is 12.0. The quantitative estimate of drug-likeness (QED) is 0.541. The van der Waals surface area contributed by atoms with Gasteiger partial charge in [0.05, 0.1) is 12.1 Å². The molecular formula is C16H21ClN2OS. The molecule has 1 aromatic carbocycles. The molecule has 0 radical (unpaired) electrons. The number of rotatable bonds is 9. The zero-order chi connectivity index (χ0) is 14.9. The second-order valence-corrected chi connectivity index (χ2v) is 5.74. The summed E-state index contributed by atoms with van der Waals surface area (Å²) in [5.41, 5.74) is 0.871. The highest BCUT2D eigenvalue weighted by Gasteiger charge is 2.03. The number of pyridine rings is 1. The standard InChI is InChI=1S/C16H21ClN2OS/c17-13-4-5-14-15(12-13)19-8-6-16(14)20-10-3-1-2-7-18-9-11-21/h4-6,8,12,18,21H,1-3,7,9-11H2. The van der Waals surface area contributed by atoms with E-state index in [0.717, 1.165) is 54.9 Å². The molecule has 0 aliphatic rings. The molecule has 1 N–H and O–H groups in total. The van der Waals surface area contributed by atoms with Crippen molar-refractivity contribution >= 4 is 35.1 Å². The molecular weight excluding hydrogens is 304 g/mol. The number of nitrogens with zero attached hydrogens (tertiary/aromatic N) is 1. The number of hydrogen-bond acceptors (Lipinski definition) is 4. The van der Waals surface area contributed by atoms with Crippen LogP contribution >= 0.6 is 24.2 Å². The van der Waals surface area contributed by atoms with Gasteiger partial charge in [0.1, 0.15) is 5.75 Å². The Labute approximate surface area is 136 Å². The van der Waals surface area contributed by atoms with Crippen LogP contribution in [-0.2, 0) is 0 Å². The molecule has 0 aliphatic carbocycles. The largest absolute Gasteiger partial charge is 0.493 e. The molecule has 114 valence electrons. The predicted molar refractivity (Wildman–Crippen MR) is 92.8 cm³/mol. The van der Waals surface area contributed by atoms with Gasteiger partial charge in [-0.25, -0.2) is 0 Å². The number of nitrogens with one attached hydrogen (secondary N) is 1. The van der Waals surface area contributed by atoms with Gasteiger partial charge in [-0.05, 0) is 50.1 Å². The molecule has 0 saturated heterocycles. The SMILES string of the molecule is SCCNCCCCCOc1ccnc2cc(Cl)ccc12. The first kappa shape index (κ1) is 16.4. The molecule has 0 aliphatic heterocycles. The van der Waals surface area contributed by atoms with Crippen molar-refractivity contribution in [3.8, 4) is 5.75 Å². The molecule has 0 unspecified atom stereocenters. The summed E-state index contributed by atoms with van der Waals surface area (Å²) in [6.45, 7) is 2.76. The number of thiol groups is 1. The smallest absolute Gasteiger partial charge is 0.130 e. The van der Waals surface area contributed by atoms with Gasteiger partial charge in [0.25, 0.3) is 0 Å². The van der Waals surface area contributed by atoms with Gasteiger partial charge in [0.15, 0.2) is 0 Å². The predicted octanol–water partition coefficient (Wildman–Crippen LogP) is 3.96. The van der Waals surface area contributed by atoms with E-state index in [2.05, 4.69) is 22.9 Å². The normalized spacial score (nSPS) is 11.0. The minimum Gasteiger partial charge on any atom is -0.493 e. The molecule has 0 amide bonds. The first-order valence-electron chi connectivity index (χ1n) is 7.30. The van der Waals surface area contributed by atoms with Gasteiger partial charge in [-0.15, -0.1) is 0 Å². The number of fused-ring (bicyclic) bond motifs is 1. The lowest BCUT2D eigenvalue weighted by Gasteiger charge is -2.09. The topological polar surface area (TPSA) is 34.1 Å². The molecule has 2 aromatic rings. The summed E-state index contributed by atoms with van der Waals surface area (Å²) in [7, 11) is 0. The second-order valence-electron chi connectivity index (χ2n) is 4.85. The first-order chi connectivity index (χ1) is 10.3. The van der Waals surface area contributed by atoms with E-state index in [1.165, 1.54) is 6.42 Å². The Morgan fingerprint density at radius 2 is 2.05 bits per heavy atom. The van der Waals surface area contributed by atoms with Crippen molar-refractivity contribution < 1.29 is 4.74 Å². The Hall–Kier alpha value is -0.970. The summed E-state index contributed by atoms with van der Waals surface area (Å²) in [4.78, 5) is 4.31. The Morgan fingerprint density at radius 1 is 1.14 bits per heavy atom. The van der Waals surface area contributed by atoms with Gasteiger partial charge in [0.2, 0.25) is 0 Å². The van der Waals surface area contributed by atoms with Crippen LogP contribution in [0.2, 0.25) is 5.02 Å². The van der Waals surface area contributed by atoms with E-state index in [-0.39, 0.29) is 0 Å². The number of hydrogen-bond donors (Lipinski definition) is 2. The maximum atomic E-state index is 5.98. The third kappa shape index (κ3) is 5.38. The summed E-state index contributed by atoms with van der Waals surface area (Å²) in [5, 5.41) is 5.04. The lowest BCUT2D eigenvalue weighted by Crippen LogP contribution is -2.17. The first-order valence-corrected chi connectivity index (χ1v) is 8.31. The molecule has 3 nitrogen and oxygen atoms in total. The molecule has 1 aromatic heterocycles. The minimum absolute atomic E-state index is 0.695. The zero-order valence-corrected chi connectivity index (χ0v) is 13.7.